The summed E-state index contributed by atoms with van der Waals surface area (Å²) in [4.78, 5) is 12.8. The quantitative estimate of drug-likeness (QED) is 0.155. The summed E-state index contributed by atoms with van der Waals surface area (Å²) in [5.74, 6) is 0. The number of nitrogens with zero attached hydrogens (tertiary/aromatic N) is 3. The van der Waals surface area contributed by atoms with Gasteiger partial charge < -0.3 is 4.98 Å². The molecule has 0 atom stereocenters. The Balaban J connectivity index is 0.000000192. The first-order chi connectivity index (χ1) is 18.6. The molecule has 5 heteroatoms. The van der Waals surface area contributed by atoms with E-state index in [2.05, 4.69) is 45.3 Å². The fourth-order valence-electron chi connectivity index (χ4n) is 3.39. The van der Waals surface area contributed by atoms with Gasteiger partial charge in [0.25, 0.3) is 0 Å². The average molecular weight is 689 g/mol. The largest absolute Gasteiger partial charge is 0.304 e. The van der Waals surface area contributed by atoms with Crippen LogP contribution in [-0.4, -0.2) is 29.5 Å². The number of aryl methyl sites for hydroxylation is 2. The number of benzene rings is 2. The molecule has 0 aliphatic heterocycles. The molecule has 169 valence electrons. The minimum absolute atomic E-state index is 0. The molecule has 0 unspecified atom stereocenters. The van der Waals surface area contributed by atoms with E-state index in [-0.39, 0.29) is 45.9 Å². The molecule has 0 bridgehead atoms. The van der Waals surface area contributed by atoms with Crippen molar-refractivity contribution in [2.24, 2.45) is 0 Å². The Morgan fingerprint density at radius 3 is 2.44 bits per heavy atom. The standard InChI is InChI=1S/C17H11N2Se.C12H10N.Ir/c1-11-5-4-7-14(19-11)15-9-13-12-6-2-3-8-16(12)20-17(13)10-18-15;1-10-7-8-12(13-9-10)11-5-3-2-4-6-11;/h2-6,8-10H,1H3;2-5,7-9H,1H3;/q2*-1;/i2*1D3;. The van der Waals surface area contributed by atoms with Crippen LogP contribution in [0.4, 0.5) is 0 Å². The van der Waals surface area contributed by atoms with Gasteiger partial charge in [-0.2, -0.15) is 0 Å². The van der Waals surface area contributed by atoms with Crippen LogP contribution in [0.15, 0.2) is 91.3 Å². The second-order valence-corrected chi connectivity index (χ2v) is 9.47. The van der Waals surface area contributed by atoms with Crippen molar-refractivity contribution in [1.29, 1.82) is 0 Å². The van der Waals surface area contributed by atoms with Crippen LogP contribution in [0.5, 0.6) is 0 Å². The minimum atomic E-state index is -2.23. The zero-order valence-electron chi connectivity index (χ0n) is 23.7. The summed E-state index contributed by atoms with van der Waals surface area (Å²) in [6.45, 7) is -4.32. The molecular formula is C29H21IrN3Se-2. The van der Waals surface area contributed by atoms with Crippen molar-refractivity contribution in [2.45, 2.75) is 13.7 Å². The summed E-state index contributed by atoms with van der Waals surface area (Å²) in [6, 6.07) is 30.2. The molecule has 0 saturated carbocycles. The van der Waals surface area contributed by atoms with Crippen LogP contribution in [0.25, 0.3) is 41.9 Å². The van der Waals surface area contributed by atoms with Gasteiger partial charge >= 0.3 is 127 Å². The van der Waals surface area contributed by atoms with Crippen molar-refractivity contribution in [3.05, 3.63) is 115 Å². The fourth-order valence-corrected chi connectivity index (χ4v) is 5.60. The molecule has 6 rings (SSSR count). The Bertz CT molecular complexity index is 1730. The Hall–Kier alpha value is -2.94. The van der Waals surface area contributed by atoms with E-state index in [1.165, 1.54) is 31.6 Å². The molecule has 34 heavy (non-hydrogen) atoms. The summed E-state index contributed by atoms with van der Waals surface area (Å²) in [7, 11) is 0. The van der Waals surface area contributed by atoms with Gasteiger partial charge in [-0.25, -0.2) is 0 Å². The molecule has 0 aliphatic carbocycles. The molecule has 4 heterocycles. The normalized spacial score (nSPS) is 13.8. The summed E-state index contributed by atoms with van der Waals surface area (Å²) < 4.78 is 46.8. The zero-order chi connectivity index (χ0) is 27.6. The van der Waals surface area contributed by atoms with Crippen LogP contribution in [-0.2, 0) is 20.1 Å². The first-order valence-corrected chi connectivity index (χ1v) is 11.9. The van der Waals surface area contributed by atoms with E-state index in [4.69, 9.17) is 8.22 Å². The summed E-state index contributed by atoms with van der Waals surface area (Å²) >= 11 is 0.273. The topological polar surface area (TPSA) is 38.7 Å². The molecule has 2 aromatic carbocycles. The van der Waals surface area contributed by atoms with Gasteiger partial charge in [0, 0.05) is 30.4 Å². The number of pyridine rings is 3. The smallest absolute Gasteiger partial charge is 0.0280 e. The SMILES string of the molecule is [2H]C([2H])([2H])c1cc[c-]c(-c2cc3c(cn2)[se]c2ccccc23)n1.[2H]C([2H])([2H])c1ccc(-c2[c-]cccc2)nc1.[Ir]. The van der Waals surface area contributed by atoms with Gasteiger partial charge in [0.1, 0.15) is 0 Å². The van der Waals surface area contributed by atoms with Gasteiger partial charge in [-0.15, -0.1) is 35.9 Å². The van der Waals surface area contributed by atoms with Gasteiger partial charge in [0.15, 0.2) is 0 Å². The first kappa shape index (κ1) is 17.5. The van der Waals surface area contributed by atoms with Crippen molar-refractivity contribution < 1.29 is 28.3 Å². The summed E-state index contributed by atoms with van der Waals surface area (Å²) in [5.41, 5.74) is 3.04. The third-order valence-corrected chi connectivity index (χ3v) is 7.30. The predicted molar refractivity (Wildman–Crippen MR) is 136 cm³/mol. The van der Waals surface area contributed by atoms with Crippen LogP contribution in [0.3, 0.4) is 0 Å². The number of rotatable bonds is 2. The van der Waals surface area contributed by atoms with E-state index < -0.39 is 13.7 Å². The monoisotopic (exact) mass is 690 g/mol. The van der Waals surface area contributed by atoms with E-state index in [1.807, 2.05) is 36.5 Å². The molecule has 0 saturated heterocycles. The number of fused-ring (bicyclic) bond motifs is 3. The van der Waals surface area contributed by atoms with Gasteiger partial charge in [0.2, 0.25) is 0 Å². The fraction of sp³-hybridized carbons (Fsp3) is 0.0690. The molecule has 0 spiro atoms. The second-order valence-electron chi connectivity index (χ2n) is 7.20. The van der Waals surface area contributed by atoms with Gasteiger partial charge in [-0.1, -0.05) is 12.1 Å². The Labute approximate surface area is 227 Å². The van der Waals surface area contributed by atoms with Crippen molar-refractivity contribution in [2.75, 3.05) is 0 Å². The van der Waals surface area contributed by atoms with E-state index in [9.17, 15) is 0 Å². The molecule has 6 aromatic rings. The van der Waals surface area contributed by atoms with E-state index in [1.54, 1.807) is 24.3 Å². The van der Waals surface area contributed by atoms with Crippen molar-refractivity contribution in [1.82, 2.24) is 15.0 Å². The number of hydrogen-bond acceptors (Lipinski definition) is 3. The third-order valence-electron chi connectivity index (χ3n) is 4.95. The first-order valence-electron chi connectivity index (χ1n) is 13.2. The average Bonchev–Trinajstić information content (AvgIpc) is 3.31. The van der Waals surface area contributed by atoms with Crippen LogP contribution >= 0.6 is 0 Å². The zero-order valence-corrected chi connectivity index (χ0v) is 21.9. The molecule has 0 amide bonds. The maximum atomic E-state index is 7.49. The van der Waals surface area contributed by atoms with E-state index >= 15 is 0 Å². The Kier molecular flexibility index (Phi) is 5.65. The maximum absolute atomic E-state index is 7.49. The molecule has 0 N–H and O–H groups in total. The molecule has 3 nitrogen and oxygen atoms in total. The van der Waals surface area contributed by atoms with Crippen molar-refractivity contribution >= 4 is 33.8 Å². The van der Waals surface area contributed by atoms with Gasteiger partial charge in [-0.05, 0) is 18.1 Å². The molecule has 0 fully saturated rings. The van der Waals surface area contributed by atoms with Crippen molar-refractivity contribution in [3.63, 3.8) is 0 Å². The predicted octanol–water partition coefficient (Wildman–Crippen LogP) is 6.47. The summed E-state index contributed by atoms with van der Waals surface area (Å²) in [6.07, 6.45) is 3.27. The Morgan fingerprint density at radius 2 is 1.65 bits per heavy atom. The molecule has 0 aliphatic rings. The van der Waals surface area contributed by atoms with Gasteiger partial charge in [-0.3, -0.25) is 0 Å². The van der Waals surface area contributed by atoms with Crippen molar-refractivity contribution in [3.8, 4) is 22.6 Å². The summed E-state index contributed by atoms with van der Waals surface area (Å²) in [5, 5.41) is 2.40. The van der Waals surface area contributed by atoms with Crippen LogP contribution < -0.4 is 0 Å². The van der Waals surface area contributed by atoms with Crippen LogP contribution in [0.1, 0.15) is 19.5 Å². The third kappa shape index (κ3) is 5.41. The van der Waals surface area contributed by atoms with E-state index in [0.717, 1.165) is 11.3 Å². The molecular weight excluding hydrogens is 662 g/mol. The molecule has 1 radical (unpaired) electrons. The number of aromatic nitrogens is 3. The number of hydrogen-bond donors (Lipinski definition) is 0. The van der Waals surface area contributed by atoms with Crippen LogP contribution in [0.2, 0.25) is 0 Å². The van der Waals surface area contributed by atoms with Crippen LogP contribution in [0, 0.1) is 25.8 Å². The minimum Gasteiger partial charge on any atom is -0.304 e. The van der Waals surface area contributed by atoms with Gasteiger partial charge in [0.05, 0.1) is 0 Å². The molecule has 4 aromatic heterocycles. The Morgan fingerprint density at radius 1 is 0.765 bits per heavy atom. The maximum Gasteiger partial charge on any atom is 0.0280 e. The second kappa shape index (κ2) is 11.0. The van der Waals surface area contributed by atoms with E-state index in [0.29, 0.717) is 11.4 Å².